The van der Waals surface area contributed by atoms with Gasteiger partial charge in [-0.25, -0.2) is 13.9 Å². The topological polar surface area (TPSA) is 95.3 Å². The maximum atomic E-state index is 14.9. The molecule has 1 atom stereocenters. The summed E-state index contributed by atoms with van der Waals surface area (Å²) in [6.07, 6.45) is 6.84. The van der Waals surface area contributed by atoms with Crippen molar-refractivity contribution in [3.8, 4) is 0 Å². The molecule has 8 nitrogen and oxygen atoms in total. The molecule has 0 radical (unpaired) electrons. The van der Waals surface area contributed by atoms with E-state index in [2.05, 4.69) is 15.4 Å². The second-order valence-electron chi connectivity index (χ2n) is 10.2. The highest BCUT2D eigenvalue weighted by atomic mass is 19.1. The summed E-state index contributed by atoms with van der Waals surface area (Å²) in [6, 6.07) is 4.47. The van der Waals surface area contributed by atoms with Gasteiger partial charge in [-0.05, 0) is 82.6 Å². The van der Waals surface area contributed by atoms with E-state index in [0.29, 0.717) is 17.9 Å². The lowest BCUT2D eigenvalue weighted by atomic mass is 10.0. The van der Waals surface area contributed by atoms with Gasteiger partial charge in [0.25, 0.3) is 0 Å². The molecular formula is C26H29FN4O4. The molecule has 1 N–H and O–H groups in total. The van der Waals surface area contributed by atoms with Crippen molar-refractivity contribution < 1.29 is 23.5 Å². The number of carbonyl (C=O) groups excluding carboxylic acids is 2. The fraction of sp³-hybridized carbons (Fsp3) is 0.462. The molecular weight excluding hydrogens is 451 g/mol. The summed E-state index contributed by atoms with van der Waals surface area (Å²) in [7, 11) is 0. The van der Waals surface area contributed by atoms with Crippen molar-refractivity contribution >= 4 is 28.5 Å². The van der Waals surface area contributed by atoms with Crippen molar-refractivity contribution in [2.45, 2.75) is 70.6 Å². The van der Waals surface area contributed by atoms with Crippen LogP contribution >= 0.6 is 0 Å². The third-order valence-electron chi connectivity index (χ3n) is 6.19. The van der Waals surface area contributed by atoms with Gasteiger partial charge in [0, 0.05) is 23.8 Å². The Kier molecular flexibility index (Phi) is 6.04. The van der Waals surface area contributed by atoms with Crippen molar-refractivity contribution in [2.24, 2.45) is 0 Å². The van der Waals surface area contributed by atoms with E-state index in [-0.39, 0.29) is 28.7 Å². The zero-order valence-electron chi connectivity index (χ0n) is 20.1. The first kappa shape index (κ1) is 23.4. The Morgan fingerprint density at radius 3 is 2.66 bits per heavy atom. The van der Waals surface area contributed by atoms with Crippen LogP contribution in [-0.2, 0) is 9.47 Å². The van der Waals surface area contributed by atoms with Gasteiger partial charge in [0.1, 0.15) is 22.6 Å². The number of amides is 1. The van der Waals surface area contributed by atoms with Crippen LogP contribution in [0.3, 0.4) is 0 Å². The highest BCUT2D eigenvalue weighted by molar-refractivity contribution is 6.18. The first-order valence-electron chi connectivity index (χ1n) is 12.0. The second-order valence-corrected chi connectivity index (χ2v) is 10.2. The number of rotatable bonds is 5. The van der Waals surface area contributed by atoms with Gasteiger partial charge in [-0.2, -0.15) is 5.10 Å². The number of nitrogens with zero attached hydrogens (tertiary/aromatic N) is 3. The Bertz CT molecular complexity index is 1290. The Labute approximate surface area is 202 Å². The molecule has 3 heterocycles. The van der Waals surface area contributed by atoms with Gasteiger partial charge >= 0.3 is 6.09 Å². The largest absolute Gasteiger partial charge is 0.444 e. The molecule has 0 bridgehead atoms. The fourth-order valence-corrected chi connectivity index (χ4v) is 4.39. The average Bonchev–Trinajstić information content (AvgIpc) is 3.56. The van der Waals surface area contributed by atoms with Crippen molar-refractivity contribution in [1.29, 1.82) is 0 Å². The molecule has 5 rings (SSSR count). The second kappa shape index (κ2) is 9.03. The number of nitrogens with one attached hydrogen (secondary N) is 1. The van der Waals surface area contributed by atoms with E-state index in [9.17, 15) is 14.0 Å². The van der Waals surface area contributed by atoms with Crippen LogP contribution in [0.1, 0.15) is 86.6 Å². The van der Waals surface area contributed by atoms with Crippen molar-refractivity contribution in [3.63, 3.8) is 0 Å². The summed E-state index contributed by atoms with van der Waals surface area (Å²) >= 11 is 0. The highest BCUT2D eigenvalue weighted by Gasteiger charge is 2.29. The van der Waals surface area contributed by atoms with Gasteiger partial charge in [0.15, 0.2) is 6.23 Å². The Morgan fingerprint density at radius 1 is 1.17 bits per heavy atom. The SMILES string of the molecule is CC(C)(C)OC(=O)Nc1cc(C2CC2)cnc1C(=O)c1ccc(F)c2c1cnn2C1CCCCO1. The third-order valence-corrected chi connectivity index (χ3v) is 6.19. The summed E-state index contributed by atoms with van der Waals surface area (Å²) in [5, 5.41) is 7.44. The molecule has 35 heavy (non-hydrogen) atoms. The van der Waals surface area contributed by atoms with E-state index in [0.717, 1.165) is 37.7 Å². The molecule has 1 saturated carbocycles. The van der Waals surface area contributed by atoms with Crippen LogP contribution in [0.2, 0.25) is 0 Å². The molecule has 184 valence electrons. The predicted octanol–water partition coefficient (Wildman–Crippen LogP) is 5.72. The lowest BCUT2D eigenvalue weighted by Gasteiger charge is -2.23. The monoisotopic (exact) mass is 480 g/mol. The number of halogens is 1. The molecule has 2 fully saturated rings. The van der Waals surface area contributed by atoms with E-state index in [4.69, 9.17) is 9.47 Å². The summed E-state index contributed by atoms with van der Waals surface area (Å²) in [5.74, 6) is -0.544. The lowest BCUT2D eigenvalue weighted by molar-refractivity contribution is -0.0369. The van der Waals surface area contributed by atoms with Crippen molar-refractivity contribution in [1.82, 2.24) is 14.8 Å². The fourth-order valence-electron chi connectivity index (χ4n) is 4.39. The molecule has 3 aromatic rings. The molecule has 1 amide bonds. The van der Waals surface area contributed by atoms with Crippen LogP contribution in [0.15, 0.2) is 30.6 Å². The molecule has 1 aliphatic carbocycles. The Balaban J connectivity index is 1.53. The van der Waals surface area contributed by atoms with Gasteiger partial charge in [-0.1, -0.05) is 0 Å². The number of hydrogen-bond donors (Lipinski definition) is 1. The number of pyridine rings is 1. The van der Waals surface area contributed by atoms with Crippen LogP contribution in [0, 0.1) is 5.82 Å². The minimum Gasteiger partial charge on any atom is -0.444 e. The summed E-state index contributed by atoms with van der Waals surface area (Å²) < 4.78 is 27.6. The first-order chi connectivity index (χ1) is 16.7. The molecule has 2 aliphatic rings. The highest BCUT2D eigenvalue weighted by Crippen LogP contribution is 2.41. The molecule has 9 heteroatoms. The number of ketones is 1. The van der Waals surface area contributed by atoms with E-state index in [1.54, 1.807) is 33.0 Å². The minimum atomic E-state index is -0.700. The smallest absolute Gasteiger partial charge is 0.412 e. The molecule has 1 saturated heterocycles. The van der Waals surface area contributed by atoms with Crippen molar-refractivity contribution in [3.05, 3.63) is 53.2 Å². The van der Waals surface area contributed by atoms with Crippen LogP contribution in [0.25, 0.3) is 10.9 Å². The predicted molar refractivity (Wildman–Crippen MR) is 128 cm³/mol. The van der Waals surface area contributed by atoms with E-state index >= 15 is 0 Å². The third kappa shape index (κ3) is 4.91. The molecule has 2 aromatic heterocycles. The summed E-state index contributed by atoms with van der Waals surface area (Å²) in [5.41, 5.74) is 1.07. The number of carbonyl (C=O) groups is 2. The number of benzene rings is 1. The average molecular weight is 481 g/mol. The number of anilines is 1. The molecule has 0 spiro atoms. The summed E-state index contributed by atoms with van der Waals surface area (Å²) in [4.78, 5) is 30.6. The number of ether oxygens (including phenoxy) is 2. The van der Waals surface area contributed by atoms with E-state index < -0.39 is 23.3 Å². The number of hydrogen-bond acceptors (Lipinski definition) is 6. The Hall–Kier alpha value is -3.33. The molecule has 1 aliphatic heterocycles. The Morgan fingerprint density at radius 2 is 1.97 bits per heavy atom. The maximum absolute atomic E-state index is 14.9. The first-order valence-corrected chi connectivity index (χ1v) is 12.0. The summed E-state index contributed by atoms with van der Waals surface area (Å²) in [6.45, 7) is 5.88. The van der Waals surface area contributed by atoms with E-state index in [1.807, 2.05) is 0 Å². The minimum absolute atomic E-state index is 0.0647. The van der Waals surface area contributed by atoms with Gasteiger partial charge in [-0.15, -0.1) is 0 Å². The maximum Gasteiger partial charge on any atom is 0.412 e. The van der Waals surface area contributed by atoms with E-state index in [1.165, 1.54) is 23.0 Å². The van der Waals surface area contributed by atoms with Crippen LogP contribution in [-0.4, -0.2) is 38.8 Å². The van der Waals surface area contributed by atoms with Gasteiger partial charge in [0.2, 0.25) is 5.78 Å². The molecule has 1 aromatic carbocycles. The van der Waals surface area contributed by atoms with Crippen molar-refractivity contribution in [2.75, 3.05) is 11.9 Å². The van der Waals surface area contributed by atoms with Crippen LogP contribution < -0.4 is 5.32 Å². The lowest BCUT2D eigenvalue weighted by Crippen LogP contribution is -2.28. The zero-order chi connectivity index (χ0) is 24.7. The van der Waals surface area contributed by atoms with Crippen LogP contribution in [0.5, 0.6) is 0 Å². The molecule has 1 unspecified atom stereocenters. The number of aromatic nitrogens is 3. The quantitative estimate of drug-likeness (QED) is 0.469. The standard InChI is InChI=1S/C26H29FN4O4/c1-26(2,3)35-25(33)30-20-12-16(15-7-8-15)13-28-22(20)24(32)17-9-10-19(27)23-18(17)14-29-31(23)21-6-4-5-11-34-21/h9-10,12-15,21H,4-8,11H2,1-3H3,(H,30,33). The number of fused-ring (bicyclic) bond motifs is 1. The van der Waals surface area contributed by atoms with Gasteiger partial charge in [-0.3, -0.25) is 15.1 Å². The van der Waals surface area contributed by atoms with Gasteiger partial charge < -0.3 is 9.47 Å². The van der Waals surface area contributed by atoms with Gasteiger partial charge in [0.05, 0.1) is 11.9 Å². The zero-order valence-corrected chi connectivity index (χ0v) is 20.1. The van der Waals surface area contributed by atoms with Crippen LogP contribution in [0.4, 0.5) is 14.9 Å². The normalized spacial score (nSPS) is 18.5.